The van der Waals surface area contributed by atoms with Crippen LogP contribution >= 0.6 is 11.8 Å². The summed E-state index contributed by atoms with van der Waals surface area (Å²) in [4.78, 5) is 1.16. The van der Waals surface area contributed by atoms with Crippen molar-refractivity contribution in [1.82, 2.24) is 9.78 Å². The number of amidine groups is 1. The Kier molecular flexibility index (Phi) is 4.12. The summed E-state index contributed by atoms with van der Waals surface area (Å²) in [5.74, 6) is -0.382. The third-order valence-corrected chi connectivity index (χ3v) is 3.62. The van der Waals surface area contributed by atoms with E-state index >= 15 is 0 Å². The van der Waals surface area contributed by atoms with Gasteiger partial charge in [0.05, 0.1) is 16.7 Å². The predicted molar refractivity (Wildman–Crippen MR) is 71.3 cm³/mol. The van der Waals surface area contributed by atoms with Gasteiger partial charge in [-0.2, -0.15) is 18.3 Å². The molecule has 0 aliphatic carbocycles. The predicted octanol–water partition coefficient (Wildman–Crippen LogP) is 2.68. The van der Waals surface area contributed by atoms with Crippen molar-refractivity contribution in [2.45, 2.75) is 16.0 Å². The first kappa shape index (κ1) is 15.2. The van der Waals surface area contributed by atoms with Crippen LogP contribution in [0.5, 0.6) is 0 Å². The van der Waals surface area contributed by atoms with Gasteiger partial charge in [-0.15, -0.1) is 0 Å². The van der Waals surface area contributed by atoms with Crippen LogP contribution in [0.15, 0.2) is 45.5 Å². The van der Waals surface area contributed by atoms with Crippen LogP contribution in [0, 0.1) is 0 Å². The molecule has 0 aliphatic rings. The first-order valence-electron chi connectivity index (χ1n) is 5.67. The second-order valence-corrected chi connectivity index (χ2v) is 5.26. The number of oxime groups is 1. The molecule has 0 unspecified atom stereocenters. The highest BCUT2D eigenvalue weighted by atomic mass is 32.2. The van der Waals surface area contributed by atoms with Gasteiger partial charge in [0.1, 0.15) is 0 Å². The lowest BCUT2D eigenvalue weighted by Gasteiger charge is -2.11. The van der Waals surface area contributed by atoms with Gasteiger partial charge in [0.25, 0.3) is 0 Å². The van der Waals surface area contributed by atoms with E-state index in [1.807, 2.05) is 0 Å². The standard InChI is InChI=1S/C12H11F3N4OS/c1-19-6-8(5-17-19)21-10-3-2-7(12(13,14)15)4-9(10)11(16)18-20/h2-6,20H,1H3,(H2,16,18). The Bertz CT molecular complexity index is 681. The van der Waals surface area contributed by atoms with Crippen LogP contribution in [0.1, 0.15) is 11.1 Å². The minimum absolute atomic E-state index is 0.0150. The largest absolute Gasteiger partial charge is 0.416 e. The highest BCUT2D eigenvalue weighted by molar-refractivity contribution is 7.99. The molecule has 1 aromatic heterocycles. The monoisotopic (exact) mass is 316 g/mol. The summed E-state index contributed by atoms with van der Waals surface area (Å²) in [5.41, 5.74) is 4.62. The van der Waals surface area contributed by atoms with E-state index < -0.39 is 11.7 Å². The van der Waals surface area contributed by atoms with Crippen molar-refractivity contribution in [2.24, 2.45) is 17.9 Å². The van der Waals surface area contributed by atoms with Gasteiger partial charge < -0.3 is 10.9 Å². The van der Waals surface area contributed by atoms with Gasteiger partial charge in [0, 0.05) is 23.7 Å². The summed E-state index contributed by atoms with van der Waals surface area (Å²) >= 11 is 1.18. The molecule has 0 bridgehead atoms. The lowest BCUT2D eigenvalue weighted by molar-refractivity contribution is -0.137. The number of rotatable bonds is 3. The maximum Gasteiger partial charge on any atom is 0.416 e. The summed E-state index contributed by atoms with van der Waals surface area (Å²) in [6.45, 7) is 0. The number of aryl methyl sites for hydroxylation is 1. The van der Waals surface area contributed by atoms with Crippen LogP contribution in [0.25, 0.3) is 0 Å². The van der Waals surface area contributed by atoms with Crippen molar-refractivity contribution in [1.29, 1.82) is 0 Å². The molecule has 0 saturated carbocycles. The zero-order chi connectivity index (χ0) is 15.6. The molecule has 0 atom stereocenters. The van der Waals surface area contributed by atoms with Crippen molar-refractivity contribution in [3.63, 3.8) is 0 Å². The molecule has 0 saturated heterocycles. The maximum atomic E-state index is 12.7. The quantitative estimate of drug-likeness (QED) is 0.395. The summed E-state index contributed by atoms with van der Waals surface area (Å²) in [6.07, 6.45) is -1.22. The summed E-state index contributed by atoms with van der Waals surface area (Å²) < 4.78 is 39.8. The molecule has 0 amide bonds. The molecule has 3 N–H and O–H groups in total. The number of halogens is 3. The maximum absolute atomic E-state index is 12.7. The van der Waals surface area contributed by atoms with Crippen LogP contribution in [0.3, 0.4) is 0 Å². The van der Waals surface area contributed by atoms with Gasteiger partial charge in [-0.3, -0.25) is 4.68 Å². The number of hydrogen-bond donors (Lipinski definition) is 2. The molecule has 1 aromatic carbocycles. The molecule has 21 heavy (non-hydrogen) atoms. The van der Waals surface area contributed by atoms with Crippen LogP contribution in [0.4, 0.5) is 13.2 Å². The Hall–Kier alpha value is -2.16. The second kappa shape index (κ2) is 5.68. The summed E-state index contributed by atoms with van der Waals surface area (Å²) in [5, 5.41) is 15.5. The van der Waals surface area contributed by atoms with Crippen LogP contribution in [0.2, 0.25) is 0 Å². The minimum atomic E-state index is -4.50. The van der Waals surface area contributed by atoms with Gasteiger partial charge in [-0.25, -0.2) is 0 Å². The van der Waals surface area contributed by atoms with Crippen LogP contribution in [-0.2, 0) is 13.2 Å². The summed E-state index contributed by atoms with van der Waals surface area (Å²) in [7, 11) is 1.72. The molecular formula is C12H11F3N4OS. The lowest BCUT2D eigenvalue weighted by atomic mass is 10.1. The van der Waals surface area contributed by atoms with Gasteiger partial charge in [0.15, 0.2) is 5.84 Å². The number of nitrogens with zero attached hydrogens (tertiary/aromatic N) is 3. The molecule has 2 rings (SSSR count). The van der Waals surface area contributed by atoms with Crippen molar-refractivity contribution >= 4 is 17.6 Å². The average Bonchev–Trinajstić information content (AvgIpc) is 2.82. The third kappa shape index (κ3) is 3.48. The molecule has 0 fully saturated rings. The van der Waals surface area contributed by atoms with Crippen LogP contribution in [-0.4, -0.2) is 20.8 Å². The Morgan fingerprint density at radius 2 is 2.14 bits per heavy atom. The number of nitrogens with two attached hydrogens (primary N) is 1. The fourth-order valence-electron chi connectivity index (χ4n) is 1.63. The Morgan fingerprint density at radius 3 is 2.67 bits per heavy atom. The molecule has 112 valence electrons. The number of benzene rings is 1. The number of alkyl halides is 3. The Morgan fingerprint density at radius 1 is 1.43 bits per heavy atom. The Labute approximate surface area is 122 Å². The summed E-state index contributed by atoms with van der Waals surface area (Å²) in [6, 6.07) is 3.09. The fourth-order valence-corrected chi connectivity index (χ4v) is 2.60. The molecule has 0 radical (unpaired) electrons. The second-order valence-electron chi connectivity index (χ2n) is 4.15. The van der Waals surface area contributed by atoms with Gasteiger partial charge in [0.2, 0.25) is 0 Å². The van der Waals surface area contributed by atoms with Crippen molar-refractivity contribution in [3.8, 4) is 0 Å². The zero-order valence-corrected chi connectivity index (χ0v) is 11.6. The molecule has 0 spiro atoms. The van der Waals surface area contributed by atoms with E-state index in [0.717, 1.165) is 17.0 Å². The Balaban J connectivity index is 2.45. The number of aromatic nitrogens is 2. The van der Waals surface area contributed by atoms with E-state index in [0.29, 0.717) is 4.90 Å². The molecule has 5 nitrogen and oxygen atoms in total. The van der Waals surface area contributed by atoms with Crippen LogP contribution < -0.4 is 5.73 Å². The fraction of sp³-hybridized carbons (Fsp3) is 0.167. The third-order valence-electron chi connectivity index (χ3n) is 2.60. The van der Waals surface area contributed by atoms with Crippen molar-refractivity contribution in [3.05, 3.63) is 41.7 Å². The van der Waals surface area contributed by atoms with Gasteiger partial charge in [-0.1, -0.05) is 16.9 Å². The topological polar surface area (TPSA) is 76.4 Å². The minimum Gasteiger partial charge on any atom is -0.409 e. The van der Waals surface area contributed by atoms with E-state index in [1.54, 1.807) is 24.1 Å². The zero-order valence-electron chi connectivity index (χ0n) is 10.8. The number of hydrogen-bond acceptors (Lipinski definition) is 4. The lowest BCUT2D eigenvalue weighted by Crippen LogP contribution is -2.16. The molecular weight excluding hydrogens is 305 g/mol. The smallest absolute Gasteiger partial charge is 0.409 e. The van der Waals surface area contributed by atoms with Gasteiger partial charge in [-0.05, 0) is 18.2 Å². The highest BCUT2D eigenvalue weighted by Gasteiger charge is 2.31. The van der Waals surface area contributed by atoms with Gasteiger partial charge >= 0.3 is 6.18 Å². The first-order valence-corrected chi connectivity index (χ1v) is 6.48. The van der Waals surface area contributed by atoms with E-state index in [9.17, 15) is 13.2 Å². The van der Waals surface area contributed by atoms with Crippen molar-refractivity contribution < 1.29 is 18.4 Å². The van der Waals surface area contributed by atoms with E-state index in [2.05, 4.69) is 10.3 Å². The SMILES string of the molecule is Cn1cc(Sc2ccc(C(F)(F)F)cc2C(N)=NO)cn1. The highest BCUT2D eigenvalue weighted by Crippen LogP contribution is 2.35. The normalized spacial score (nSPS) is 12.7. The first-order chi connectivity index (χ1) is 9.81. The molecule has 2 aromatic rings. The molecule has 9 heteroatoms. The molecule has 1 heterocycles. The van der Waals surface area contributed by atoms with E-state index in [1.165, 1.54) is 17.8 Å². The van der Waals surface area contributed by atoms with E-state index in [4.69, 9.17) is 10.9 Å². The average molecular weight is 316 g/mol. The van der Waals surface area contributed by atoms with E-state index in [-0.39, 0.29) is 11.4 Å². The van der Waals surface area contributed by atoms with Crippen molar-refractivity contribution in [2.75, 3.05) is 0 Å². The molecule has 0 aliphatic heterocycles.